The molecule has 162 valence electrons. The van der Waals surface area contributed by atoms with Crippen molar-refractivity contribution >= 4 is 23.2 Å². The molecule has 4 rings (SSSR count). The minimum atomic E-state index is -0.376. The summed E-state index contributed by atoms with van der Waals surface area (Å²) in [5.74, 6) is -0.398. The van der Waals surface area contributed by atoms with Crippen LogP contribution in [0.3, 0.4) is 0 Å². The number of aromatic nitrogens is 3. The Bertz CT molecular complexity index is 887. The normalized spacial score (nSPS) is 18.0. The van der Waals surface area contributed by atoms with E-state index in [1.165, 1.54) is 11.3 Å². The largest absolute Gasteiger partial charge is 0.461 e. The molecule has 2 aromatic rings. The Labute approximate surface area is 180 Å². The number of esters is 1. The summed E-state index contributed by atoms with van der Waals surface area (Å²) in [6, 6.07) is 0. The quantitative estimate of drug-likeness (QED) is 0.534. The van der Waals surface area contributed by atoms with Gasteiger partial charge in [0.15, 0.2) is 5.69 Å². The molecule has 1 N–H and O–H groups in total. The maximum atomic E-state index is 12.8. The first-order chi connectivity index (χ1) is 14.6. The number of rotatable bonds is 7. The van der Waals surface area contributed by atoms with Gasteiger partial charge in [0.25, 0.3) is 5.91 Å². The highest BCUT2D eigenvalue weighted by Gasteiger charge is 2.39. The smallest absolute Gasteiger partial charge is 0.357 e. The van der Waals surface area contributed by atoms with Crippen molar-refractivity contribution in [3.8, 4) is 0 Å². The molecule has 0 unspecified atom stereocenters. The number of aryl methyl sites for hydroxylation is 2. The van der Waals surface area contributed by atoms with E-state index in [2.05, 4.69) is 10.3 Å². The fraction of sp³-hybridized carbons (Fsp3) is 0.619. The van der Waals surface area contributed by atoms with Gasteiger partial charge < -0.3 is 14.8 Å². The number of carbonyl (C=O) groups is 2. The van der Waals surface area contributed by atoms with Crippen molar-refractivity contribution in [2.24, 2.45) is 5.41 Å². The third kappa shape index (κ3) is 4.41. The highest BCUT2D eigenvalue weighted by molar-refractivity contribution is 7.07. The Kier molecular flexibility index (Phi) is 6.48. The van der Waals surface area contributed by atoms with Gasteiger partial charge in [0.1, 0.15) is 5.69 Å². The Morgan fingerprint density at radius 2 is 2.20 bits per heavy atom. The third-order valence-corrected chi connectivity index (χ3v) is 6.65. The van der Waals surface area contributed by atoms with Crippen LogP contribution in [0.5, 0.6) is 0 Å². The number of ether oxygens (including phenoxy) is 2. The van der Waals surface area contributed by atoms with Crippen LogP contribution in [0.2, 0.25) is 0 Å². The summed E-state index contributed by atoms with van der Waals surface area (Å²) >= 11 is 1.37. The lowest BCUT2D eigenvalue weighted by atomic mass is 9.75. The highest BCUT2D eigenvalue weighted by atomic mass is 32.1. The number of unbranched alkanes of at least 4 members (excludes halogenated alkanes) is 1. The molecule has 0 saturated carbocycles. The molecule has 30 heavy (non-hydrogen) atoms. The van der Waals surface area contributed by atoms with Crippen LogP contribution in [0.15, 0.2) is 10.9 Å². The van der Waals surface area contributed by atoms with Crippen molar-refractivity contribution in [3.63, 3.8) is 0 Å². The number of carbonyl (C=O) groups excluding carboxylic acids is 2. The van der Waals surface area contributed by atoms with Crippen LogP contribution >= 0.6 is 11.3 Å². The molecule has 8 nitrogen and oxygen atoms in total. The Balaban J connectivity index is 1.41. The van der Waals surface area contributed by atoms with E-state index in [9.17, 15) is 9.59 Å². The number of hydrogen-bond acceptors (Lipinski definition) is 7. The predicted octanol–water partition coefficient (Wildman–Crippen LogP) is 2.62. The molecule has 2 aromatic heterocycles. The van der Waals surface area contributed by atoms with Crippen LogP contribution in [-0.2, 0) is 28.9 Å². The van der Waals surface area contributed by atoms with Gasteiger partial charge in [-0.25, -0.2) is 9.78 Å². The van der Waals surface area contributed by atoms with Gasteiger partial charge in [-0.05, 0) is 50.9 Å². The molecule has 0 aliphatic carbocycles. The first-order valence-corrected chi connectivity index (χ1v) is 11.6. The Morgan fingerprint density at radius 1 is 1.37 bits per heavy atom. The lowest BCUT2D eigenvalue weighted by molar-refractivity contribution is 0.0160. The fourth-order valence-corrected chi connectivity index (χ4v) is 4.83. The second-order valence-electron chi connectivity index (χ2n) is 8.03. The lowest BCUT2D eigenvalue weighted by Crippen LogP contribution is -2.40. The first-order valence-electron chi connectivity index (χ1n) is 10.6. The maximum absolute atomic E-state index is 12.8. The Morgan fingerprint density at radius 3 is 2.93 bits per heavy atom. The first kappa shape index (κ1) is 21.0. The summed E-state index contributed by atoms with van der Waals surface area (Å²) in [5, 5.41) is 9.58. The zero-order valence-corrected chi connectivity index (χ0v) is 18.1. The predicted molar refractivity (Wildman–Crippen MR) is 112 cm³/mol. The molecule has 0 aromatic carbocycles. The molecule has 1 saturated heterocycles. The molecular weight excluding hydrogens is 404 g/mol. The van der Waals surface area contributed by atoms with Gasteiger partial charge in [0.05, 0.1) is 17.8 Å². The van der Waals surface area contributed by atoms with Crippen molar-refractivity contribution < 1.29 is 19.1 Å². The van der Waals surface area contributed by atoms with Gasteiger partial charge in [-0.1, -0.05) is 0 Å². The van der Waals surface area contributed by atoms with Gasteiger partial charge in [0.2, 0.25) is 0 Å². The van der Waals surface area contributed by atoms with E-state index in [-0.39, 0.29) is 17.3 Å². The topological polar surface area (TPSA) is 95.3 Å². The summed E-state index contributed by atoms with van der Waals surface area (Å²) in [7, 11) is 0. The van der Waals surface area contributed by atoms with Crippen molar-refractivity contribution in [1.29, 1.82) is 0 Å². The van der Waals surface area contributed by atoms with Crippen LogP contribution in [0.25, 0.3) is 0 Å². The number of nitrogens with zero attached hydrogens (tertiary/aromatic N) is 3. The highest BCUT2D eigenvalue weighted by Crippen LogP contribution is 2.37. The van der Waals surface area contributed by atoms with Crippen molar-refractivity contribution in [3.05, 3.63) is 33.5 Å². The van der Waals surface area contributed by atoms with E-state index >= 15 is 0 Å². The minimum Gasteiger partial charge on any atom is -0.461 e. The maximum Gasteiger partial charge on any atom is 0.357 e. The summed E-state index contributed by atoms with van der Waals surface area (Å²) < 4.78 is 12.7. The second kappa shape index (κ2) is 9.26. The SMILES string of the molecule is CCn1nc(CCCCOC(=O)c2cscn2)c2c1C(=O)NCC1(CCOCC1)C2. The molecule has 4 heterocycles. The van der Waals surface area contributed by atoms with E-state index in [4.69, 9.17) is 14.6 Å². The van der Waals surface area contributed by atoms with Crippen molar-refractivity contribution in [2.75, 3.05) is 26.4 Å². The van der Waals surface area contributed by atoms with Crippen LogP contribution < -0.4 is 5.32 Å². The van der Waals surface area contributed by atoms with E-state index in [1.807, 2.05) is 11.6 Å². The summed E-state index contributed by atoms with van der Waals surface area (Å²) in [6.07, 6.45) is 5.12. The molecule has 0 bridgehead atoms. The van der Waals surface area contributed by atoms with Crippen molar-refractivity contribution in [2.45, 2.75) is 52.0 Å². The summed E-state index contributed by atoms with van der Waals surface area (Å²) in [5.41, 5.74) is 4.84. The van der Waals surface area contributed by atoms with E-state index in [0.717, 1.165) is 63.0 Å². The van der Waals surface area contributed by atoms with Gasteiger partial charge in [-0.15, -0.1) is 11.3 Å². The van der Waals surface area contributed by atoms with Gasteiger partial charge in [-0.2, -0.15) is 5.10 Å². The van der Waals surface area contributed by atoms with Crippen LogP contribution in [0.4, 0.5) is 0 Å². The lowest BCUT2D eigenvalue weighted by Gasteiger charge is -2.36. The molecule has 2 aliphatic heterocycles. The number of fused-ring (bicyclic) bond motifs is 1. The minimum absolute atomic E-state index is 0.0221. The second-order valence-corrected chi connectivity index (χ2v) is 8.75. The van der Waals surface area contributed by atoms with Crippen molar-refractivity contribution in [1.82, 2.24) is 20.1 Å². The van der Waals surface area contributed by atoms with E-state index < -0.39 is 0 Å². The molecule has 9 heteroatoms. The van der Waals surface area contributed by atoms with Gasteiger partial charge in [0, 0.05) is 37.2 Å². The zero-order valence-electron chi connectivity index (χ0n) is 17.3. The number of thiazole rings is 1. The molecule has 2 aliphatic rings. The number of hydrogen-bond donors (Lipinski definition) is 1. The standard InChI is InChI=1S/C21H28N4O4S/c1-2-25-18-15(11-21(13-22-19(18)26)6-9-28-10-7-21)16(24-25)5-3-4-8-29-20(27)17-12-30-14-23-17/h12,14H,2-11,13H2,1H3,(H,22,26). The molecule has 0 radical (unpaired) electrons. The van der Waals surface area contributed by atoms with E-state index in [1.54, 1.807) is 10.9 Å². The summed E-state index contributed by atoms with van der Waals surface area (Å²) in [6.45, 7) is 5.21. The molecule has 1 fully saturated rings. The number of amides is 1. The average Bonchev–Trinajstić information content (AvgIpc) is 3.38. The third-order valence-electron chi connectivity index (χ3n) is 6.06. The average molecular weight is 433 g/mol. The molecular formula is C21H28N4O4S. The van der Waals surface area contributed by atoms with Gasteiger partial charge in [-0.3, -0.25) is 9.48 Å². The molecule has 0 atom stereocenters. The monoisotopic (exact) mass is 432 g/mol. The van der Waals surface area contributed by atoms with E-state index in [0.29, 0.717) is 31.1 Å². The molecule has 1 amide bonds. The molecule has 1 spiro atoms. The zero-order chi connectivity index (χ0) is 21.0. The number of nitrogens with one attached hydrogen (secondary N) is 1. The van der Waals surface area contributed by atoms with Gasteiger partial charge >= 0.3 is 5.97 Å². The summed E-state index contributed by atoms with van der Waals surface area (Å²) in [4.78, 5) is 28.7. The fourth-order valence-electron chi connectivity index (χ4n) is 4.31. The van der Waals surface area contributed by atoms with Crippen LogP contribution in [0, 0.1) is 5.41 Å². The Hall–Kier alpha value is -2.26. The van der Waals surface area contributed by atoms with Crippen LogP contribution in [-0.4, -0.2) is 53.0 Å². The van der Waals surface area contributed by atoms with Crippen LogP contribution in [0.1, 0.15) is 64.8 Å².